The van der Waals surface area contributed by atoms with Gasteiger partial charge in [0.25, 0.3) is 0 Å². The van der Waals surface area contributed by atoms with Crippen LogP contribution in [0.25, 0.3) is 11.3 Å². The highest BCUT2D eigenvalue weighted by atomic mass is 16.3. The van der Waals surface area contributed by atoms with Crippen LogP contribution in [0.5, 0.6) is 5.75 Å². The first-order valence-corrected chi connectivity index (χ1v) is 6.22. The molecule has 0 radical (unpaired) electrons. The Kier molecular flexibility index (Phi) is 3.09. The maximum Gasteiger partial charge on any atom is 0.123 e. The Morgan fingerprint density at radius 3 is 2.70 bits per heavy atom. The zero-order valence-electron chi connectivity index (χ0n) is 10.8. The van der Waals surface area contributed by atoms with Gasteiger partial charge in [0.05, 0.1) is 18.2 Å². The maximum atomic E-state index is 9.31. The van der Waals surface area contributed by atoms with Gasteiger partial charge in [-0.2, -0.15) is 0 Å². The van der Waals surface area contributed by atoms with E-state index in [9.17, 15) is 5.11 Å². The molecule has 2 aromatic heterocycles. The standard InChI is InChI=1S/C15H14N4O/c16-15-7-12(5-6-18-15)14-8-17-10-19(14)9-11-1-3-13(20)4-2-11/h1-8,10,20H,9H2,(H2,16,18). The number of rotatable bonds is 3. The summed E-state index contributed by atoms with van der Waals surface area (Å²) >= 11 is 0. The first kappa shape index (κ1) is 12.2. The molecule has 100 valence electrons. The number of nitrogen functional groups attached to an aromatic ring is 1. The molecule has 5 heteroatoms. The first-order chi connectivity index (χ1) is 9.72. The number of anilines is 1. The van der Waals surface area contributed by atoms with Crippen LogP contribution in [-0.4, -0.2) is 19.6 Å². The number of pyridine rings is 1. The monoisotopic (exact) mass is 266 g/mol. The van der Waals surface area contributed by atoms with Crippen LogP contribution in [-0.2, 0) is 6.54 Å². The average molecular weight is 266 g/mol. The summed E-state index contributed by atoms with van der Waals surface area (Å²) in [5.74, 6) is 0.751. The van der Waals surface area contributed by atoms with Crippen molar-refractivity contribution in [3.05, 3.63) is 60.7 Å². The molecule has 5 nitrogen and oxygen atoms in total. The third-order valence-corrected chi connectivity index (χ3v) is 3.08. The number of phenols is 1. The fourth-order valence-electron chi connectivity index (χ4n) is 2.09. The quantitative estimate of drug-likeness (QED) is 0.762. The summed E-state index contributed by atoms with van der Waals surface area (Å²) in [6, 6.07) is 10.9. The minimum atomic E-state index is 0.265. The average Bonchev–Trinajstić information content (AvgIpc) is 2.89. The van der Waals surface area contributed by atoms with E-state index in [1.165, 1.54) is 0 Å². The second kappa shape index (κ2) is 5.05. The molecule has 1 aromatic carbocycles. The minimum Gasteiger partial charge on any atom is -0.508 e. The largest absolute Gasteiger partial charge is 0.508 e. The molecule has 3 rings (SSSR count). The summed E-state index contributed by atoms with van der Waals surface area (Å²) in [6.07, 6.45) is 5.26. The zero-order chi connectivity index (χ0) is 13.9. The molecule has 0 amide bonds. The molecule has 0 fully saturated rings. The Bertz CT molecular complexity index is 719. The van der Waals surface area contributed by atoms with Crippen molar-refractivity contribution in [1.82, 2.24) is 14.5 Å². The van der Waals surface area contributed by atoms with Crippen LogP contribution < -0.4 is 5.73 Å². The number of aromatic hydroxyl groups is 1. The van der Waals surface area contributed by atoms with E-state index in [-0.39, 0.29) is 5.75 Å². The van der Waals surface area contributed by atoms with Crippen molar-refractivity contribution in [3.8, 4) is 17.0 Å². The van der Waals surface area contributed by atoms with Gasteiger partial charge >= 0.3 is 0 Å². The predicted octanol–water partition coefficient (Wildman–Crippen LogP) is 2.28. The molecule has 0 aliphatic carbocycles. The van der Waals surface area contributed by atoms with Gasteiger partial charge in [0, 0.05) is 18.3 Å². The Labute approximate surface area is 116 Å². The molecule has 2 heterocycles. The number of imidazole rings is 1. The van der Waals surface area contributed by atoms with Gasteiger partial charge in [0.2, 0.25) is 0 Å². The molecule has 0 unspecified atom stereocenters. The summed E-state index contributed by atoms with van der Waals surface area (Å²) < 4.78 is 2.03. The van der Waals surface area contributed by atoms with Gasteiger partial charge in [-0.05, 0) is 29.8 Å². The van der Waals surface area contributed by atoms with E-state index in [2.05, 4.69) is 9.97 Å². The maximum absolute atomic E-state index is 9.31. The van der Waals surface area contributed by atoms with E-state index in [4.69, 9.17) is 5.73 Å². The molecule has 0 saturated carbocycles. The van der Waals surface area contributed by atoms with Gasteiger partial charge in [-0.15, -0.1) is 0 Å². The highest BCUT2D eigenvalue weighted by Gasteiger charge is 2.06. The van der Waals surface area contributed by atoms with Crippen LogP contribution in [0.1, 0.15) is 5.56 Å². The van der Waals surface area contributed by atoms with Gasteiger partial charge in [0.15, 0.2) is 0 Å². The van der Waals surface area contributed by atoms with Crippen molar-refractivity contribution in [2.24, 2.45) is 0 Å². The molecule has 0 atom stereocenters. The molecule has 3 N–H and O–H groups in total. The van der Waals surface area contributed by atoms with Crippen molar-refractivity contribution in [2.75, 3.05) is 5.73 Å². The van der Waals surface area contributed by atoms with E-state index in [1.807, 2.05) is 28.8 Å². The second-order valence-corrected chi connectivity index (χ2v) is 4.54. The zero-order valence-corrected chi connectivity index (χ0v) is 10.8. The summed E-state index contributed by atoms with van der Waals surface area (Å²) in [5.41, 5.74) is 8.76. The third kappa shape index (κ3) is 2.47. The molecule has 0 spiro atoms. The fraction of sp³-hybridized carbons (Fsp3) is 0.0667. The van der Waals surface area contributed by atoms with Gasteiger partial charge in [-0.3, -0.25) is 0 Å². The van der Waals surface area contributed by atoms with Crippen LogP contribution in [0, 0.1) is 0 Å². The van der Waals surface area contributed by atoms with Crippen molar-refractivity contribution >= 4 is 5.82 Å². The lowest BCUT2D eigenvalue weighted by atomic mass is 10.2. The van der Waals surface area contributed by atoms with Gasteiger partial charge < -0.3 is 15.4 Å². The molecule has 0 bridgehead atoms. The predicted molar refractivity (Wildman–Crippen MR) is 77.1 cm³/mol. The minimum absolute atomic E-state index is 0.265. The van der Waals surface area contributed by atoms with E-state index in [0.29, 0.717) is 12.4 Å². The number of aromatic nitrogens is 3. The Morgan fingerprint density at radius 1 is 1.15 bits per heavy atom. The van der Waals surface area contributed by atoms with Crippen molar-refractivity contribution < 1.29 is 5.11 Å². The Morgan fingerprint density at radius 2 is 1.95 bits per heavy atom. The summed E-state index contributed by atoms with van der Waals surface area (Å²) in [6.45, 7) is 0.678. The van der Waals surface area contributed by atoms with Crippen molar-refractivity contribution in [2.45, 2.75) is 6.54 Å². The molecule has 0 aliphatic heterocycles. The van der Waals surface area contributed by atoms with Crippen molar-refractivity contribution in [1.29, 1.82) is 0 Å². The number of hydrogen-bond donors (Lipinski definition) is 2. The van der Waals surface area contributed by atoms with Crippen LogP contribution in [0.3, 0.4) is 0 Å². The number of hydrogen-bond acceptors (Lipinski definition) is 4. The lowest BCUT2D eigenvalue weighted by Gasteiger charge is -2.09. The van der Waals surface area contributed by atoms with Crippen LogP contribution >= 0.6 is 0 Å². The number of nitrogens with zero attached hydrogens (tertiary/aromatic N) is 3. The van der Waals surface area contributed by atoms with Crippen molar-refractivity contribution in [3.63, 3.8) is 0 Å². The van der Waals surface area contributed by atoms with Gasteiger partial charge in [-0.1, -0.05) is 12.1 Å². The molecule has 0 aliphatic rings. The van der Waals surface area contributed by atoms with Crippen LogP contribution in [0.2, 0.25) is 0 Å². The number of phenolic OH excluding ortho intramolecular Hbond substituents is 1. The Hall–Kier alpha value is -2.82. The summed E-state index contributed by atoms with van der Waals surface area (Å²) in [4.78, 5) is 8.19. The molecule has 20 heavy (non-hydrogen) atoms. The molecule has 0 saturated heterocycles. The highest BCUT2D eigenvalue weighted by molar-refractivity contribution is 5.61. The van der Waals surface area contributed by atoms with Crippen LogP contribution in [0.15, 0.2) is 55.1 Å². The SMILES string of the molecule is Nc1cc(-c2cncn2Cc2ccc(O)cc2)ccn1. The van der Waals surface area contributed by atoms with Crippen LogP contribution in [0.4, 0.5) is 5.82 Å². The smallest absolute Gasteiger partial charge is 0.123 e. The lowest BCUT2D eigenvalue weighted by Crippen LogP contribution is -2.00. The van der Waals surface area contributed by atoms with E-state index in [1.54, 1.807) is 30.9 Å². The second-order valence-electron chi connectivity index (χ2n) is 4.54. The van der Waals surface area contributed by atoms with E-state index in [0.717, 1.165) is 16.8 Å². The number of benzene rings is 1. The summed E-state index contributed by atoms with van der Waals surface area (Å²) in [5, 5.41) is 9.31. The van der Waals surface area contributed by atoms with Gasteiger partial charge in [0.1, 0.15) is 11.6 Å². The Balaban J connectivity index is 1.92. The lowest BCUT2D eigenvalue weighted by molar-refractivity contribution is 0.475. The first-order valence-electron chi connectivity index (χ1n) is 6.22. The van der Waals surface area contributed by atoms with E-state index >= 15 is 0 Å². The topological polar surface area (TPSA) is 77.0 Å². The van der Waals surface area contributed by atoms with E-state index < -0.39 is 0 Å². The van der Waals surface area contributed by atoms with Gasteiger partial charge in [-0.25, -0.2) is 9.97 Å². The molecule has 3 aromatic rings. The fourth-order valence-corrected chi connectivity index (χ4v) is 2.09. The normalized spacial score (nSPS) is 10.6. The highest BCUT2D eigenvalue weighted by Crippen LogP contribution is 2.21. The molecular formula is C15H14N4O. The molecular weight excluding hydrogens is 252 g/mol. The third-order valence-electron chi connectivity index (χ3n) is 3.08. The number of nitrogens with two attached hydrogens (primary N) is 1. The summed E-state index contributed by atoms with van der Waals surface area (Å²) in [7, 11) is 0.